The molecule has 0 unspecified atom stereocenters. The van der Waals surface area contributed by atoms with Crippen molar-refractivity contribution >= 4 is 11.8 Å². The fourth-order valence-electron chi connectivity index (χ4n) is 3.85. The molecule has 0 atom stereocenters. The van der Waals surface area contributed by atoms with Crippen LogP contribution >= 0.6 is 0 Å². The van der Waals surface area contributed by atoms with E-state index >= 15 is 0 Å². The van der Waals surface area contributed by atoms with Gasteiger partial charge in [0.1, 0.15) is 0 Å². The lowest BCUT2D eigenvalue weighted by atomic mass is 10.1. The lowest BCUT2D eigenvalue weighted by Crippen LogP contribution is -2.38. The van der Waals surface area contributed by atoms with Crippen LogP contribution in [0, 0.1) is 0 Å². The highest BCUT2D eigenvalue weighted by Crippen LogP contribution is 2.10. The number of nitrogens with zero attached hydrogens (tertiary/aromatic N) is 2. The van der Waals surface area contributed by atoms with Gasteiger partial charge in [0.15, 0.2) is 12.4 Å². The van der Waals surface area contributed by atoms with Gasteiger partial charge in [-0.05, 0) is 18.4 Å². The molecule has 31 heavy (non-hydrogen) atoms. The summed E-state index contributed by atoms with van der Waals surface area (Å²) in [6, 6.07) is 3.98. The molecule has 2 rings (SSSR count). The number of carbonyl (C=O) groups excluding carboxylic acids is 2. The Balaban J connectivity index is 1.46. The van der Waals surface area contributed by atoms with Crippen molar-refractivity contribution in [1.29, 1.82) is 0 Å². The summed E-state index contributed by atoms with van der Waals surface area (Å²) in [5.41, 5.74) is 1.03. The third kappa shape index (κ3) is 11.3. The van der Waals surface area contributed by atoms with Crippen molar-refractivity contribution in [2.24, 2.45) is 0 Å². The van der Waals surface area contributed by atoms with Gasteiger partial charge in [0.25, 0.3) is 6.73 Å². The second kappa shape index (κ2) is 15.8. The minimum Gasteiger partial charge on any atom is -0.350 e. The van der Waals surface area contributed by atoms with Gasteiger partial charge in [-0.1, -0.05) is 64.7 Å². The predicted octanol–water partition coefficient (Wildman–Crippen LogP) is 4.11. The van der Waals surface area contributed by atoms with Crippen LogP contribution in [0.5, 0.6) is 0 Å². The minimum atomic E-state index is -0.105. The molecular formula is C25H42N3O3+. The molecule has 1 saturated heterocycles. The van der Waals surface area contributed by atoms with E-state index in [9.17, 15) is 9.59 Å². The Morgan fingerprint density at radius 3 is 2.29 bits per heavy atom. The zero-order chi connectivity index (χ0) is 22.2. The summed E-state index contributed by atoms with van der Waals surface area (Å²) < 4.78 is 7.77. The molecule has 1 aliphatic rings. The number of rotatable bonds is 17. The first-order valence-corrected chi connectivity index (χ1v) is 12.3. The number of nitrogens with one attached hydrogen (secondary N) is 1. The number of carbonyl (C=O) groups is 2. The summed E-state index contributed by atoms with van der Waals surface area (Å²) in [4.78, 5) is 25.2. The number of likely N-dealkylation sites (tertiary alicyclic amines) is 1. The molecule has 0 aromatic carbocycles. The van der Waals surface area contributed by atoms with Crippen LogP contribution in [-0.4, -0.2) is 36.4 Å². The normalized spacial score (nSPS) is 13.7. The summed E-state index contributed by atoms with van der Waals surface area (Å²) >= 11 is 0. The molecule has 0 spiro atoms. The molecule has 2 amide bonds. The lowest BCUT2D eigenvalue weighted by Gasteiger charge is -2.14. The Morgan fingerprint density at radius 1 is 1.03 bits per heavy atom. The zero-order valence-electron chi connectivity index (χ0n) is 19.4. The van der Waals surface area contributed by atoms with Gasteiger partial charge >= 0.3 is 0 Å². The molecule has 6 heteroatoms. The number of aromatic nitrogens is 1. The van der Waals surface area contributed by atoms with Crippen molar-refractivity contribution in [2.75, 3.05) is 19.7 Å². The number of unbranched alkanes of at least 4 members (excludes halogenated alkanes) is 9. The third-order valence-electron chi connectivity index (χ3n) is 5.84. The maximum absolute atomic E-state index is 12.0. The Morgan fingerprint density at radius 2 is 1.68 bits per heavy atom. The molecule has 1 aromatic heterocycles. The molecule has 1 aliphatic heterocycles. The van der Waals surface area contributed by atoms with Crippen LogP contribution in [0.2, 0.25) is 0 Å². The zero-order valence-corrected chi connectivity index (χ0v) is 19.4. The second-order valence-electron chi connectivity index (χ2n) is 8.64. The summed E-state index contributed by atoms with van der Waals surface area (Å²) in [5, 5.41) is 2.89. The van der Waals surface area contributed by atoms with Gasteiger partial charge in [-0.25, -0.2) is 0 Å². The van der Waals surface area contributed by atoms with Crippen molar-refractivity contribution in [3.05, 3.63) is 30.1 Å². The van der Waals surface area contributed by atoms with Crippen LogP contribution in [0.15, 0.2) is 24.5 Å². The predicted molar refractivity (Wildman–Crippen MR) is 122 cm³/mol. The Kier molecular flexibility index (Phi) is 12.9. The molecule has 1 N–H and O–H groups in total. The van der Waals surface area contributed by atoms with E-state index in [1.54, 1.807) is 4.90 Å². The van der Waals surface area contributed by atoms with Crippen LogP contribution in [0.1, 0.15) is 89.5 Å². The summed E-state index contributed by atoms with van der Waals surface area (Å²) in [6.45, 7) is 4.95. The molecule has 0 aliphatic carbocycles. The Hall–Kier alpha value is -1.95. The van der Waals surface area contributed by atoms with Gasteiger partial charge in [-0.15, -0.1) is 0 Å². The van der Waals surface area contributed by atoms with Crippen LogP contribution in [0.25, 0.3) is 0 Å². The first-order chi connectivity index (χ1) is 15.2. The van der Waals surface area contributed by atoms with E-state index in [0.29, 0.717) is 26.2 Å². The van der Waals surface area contributed by atoms with Crippen molar-refractivity contribution in [1.82, 2.24) is 10.2 Å². The highest BCUT2D eigenvalue weighted by Gasteiger charge is 2.22. The number of amides is 2. The molecule has 2 heterocycles. The average Bonchev–Trinajstić information content (AvgIpc) is 3.18. The first-order valence-electron chi connectivity index (χ1n) is 12.3. The van der Waals surface area contributed by atoms with Crippen LogP contribution in [-0.2, 0) is 27.6 Å². The monoisotopic (exact) mass is 432 g/mol. The minimum absolute atomic E-state index is 0.0775. The largest absolute Gasteiger partial charge is 0.350 e. The fourth-order valence-corrected chi connectivity index (χ4v) is 3.85. The van der Waals surface area contributed by atoms with Crippen molar-refractivity contribution in [3.8, 4) is 0 Å². The van der Waals surface area contributed by atoms with Gasteiger partial charge in [-0.2, -0.15) is 4.57 Å². The molecule has 1 aromatic rings. The number of hydrogen-bond acceptors (Lipinski definition) is 3. The highest BCUT2D eigenvalue weighted by atomic mass is 16.5. The van der Waals surface area contributed by atoms with Crippen molar-refractivity contribution in [3.63, 3.8) is 0 Å². The van der Waals surface area contributed by atoms with Crippen molar-refractivity contribution < 1.29 is 18.9 Å². The molecule has 174 valence electrons. The summed E-state index contributed by atoms with van der Waals surface area (Å²) in [6.07, 6.45) is 18.7. The average molecular weight is 433 g/mol. The number of hydrogen-bond donors (Lipinski definition) is 1. The lowest BCUT2D eigenvalue weighted by molar-refractivity contribution is -0.732. The van der Waals surface area contributed by atoms with E-state index in [1.807, 2.05) is 29.1 Å². The van der Waals surface area contributed by atoms with Crippen LogP contribution in [0.4, 0.5) is 0 Å². The first kappa shape index (κ1) is 25.3. The van der Waals surface area contributed by atoms with E-state index in [1.165, 1.54) is 57.8 Å². The molecule has 1 fully saturated rings. The molecule has 0 radical (unpaired) electrons. The van der Waals surface area contributed by atoms with Gasteiger partial charge in [-0.3, -0.25) is 9.59 Å². The molecular weight excluding hydrogens is 390 g/mol. The molecule has 6 nitrogen and oxygen atoms in total. The summed E-state index contributed by atoms with van der Waals surface area (Å²) in [5.74, 6) is -0.0273. The topological polar surface area (TPSA) is 62.5 Å². The van der Waals surface area contributed by atoms with Gasteiger partial charge in [0.05, 0.1) is 13.2 Å². The SMILES string of the molecule is CCCCCCCCCCCCOC[n+]1ccc(CNC(=O)CN2CCCC2=O)cc1. The van der Waals surface area contributed by atoms with Crippen LogP contribution < -0.4 is 9.88 Å². The Labute approximate surface area is 188 Å². The van der Waals surface area contributed by atoms with E-state index < -0.39 is 0 Å². The molecule has 0 saturated carbocycles. The van der Waals surface area contributed by atoms with Crippen LogP contribution in [0.3, 0.4) is 0 Å². The number of pyridine rings is 1. The van der Waals surface area contributed by atoms with Gasteiger partial charge in [0.2, 0.25) is 11.8 Å². The summed E-state index contributed by atoms with van der Waals surface area (Å²) in [7, 11) is 0. The molecule has 0 bridgehead atoms. The maximum atomic E-state index is 12.0. The van der Waals surface area contributed by atoms with Gasteiger partial charge < -0.3 is 15.0 Å². The van der Waals surface area contributed by atoms with Gasteiger partial charge in [0, 0.05) is 31.6 Å². The maximum Gasteiger partial charge on any atom is 0.252 e. The van der Waals surface area contributed by atoms with E-state index in [0.717, 1.165) is 25.0 Å². The van der Waals surface area contributed by atoms with Crippen molar-refractivity contribution in [2.45, 2.75) is 97.2 Å². The number of ether oxygens (including phenoxy) is 1. The van der Waals surface area contributed by atoms with E-state index in [4.69, 9.17) is 4.74 Å². The van der Waals surface area contributed by atoms with E-state index in [2.05, 4.69) is 12.2 Å². The smallest absolute Gasteiger partial charge is 0.252 e. The quantitative estimate of drug-likeness (QED) is 0.298. The standard InChI is InChI=1S/C25H41N3O3/c1-2-3-4-5-6-7-8-9-10-11-19-31-22-27-17-14-23(15-18-27)20-26-24(29)21-28-16-12-13-25(28)30/h14-15,17-18H,2-13,16,19-22H2,1H3/p+1. The highest BCUT2D eigenvalue weighted by molar-refractivity contribution is 5.85. The van der Waals surface area contributed by atoms with E-state index in [-0.39, 0.29) is 18.4 Å². The second-order valence-corrected chi connectivity index (χ2v) is 8.64. The Bertz CT molecular complexity index is 633. The third-order valence-corrected chi connectivity index (χ3v) is 5.84. The fraction of sp³-hybridized carbons (Fsp3) is 0.720.